The maximum Gasteiger partial charge on any atom is 0.293 e. The van der Waals surface area contributed by atoms with Crippen molar-refractivity contribution in [3.63, 3.8) is 0 Å². The highest BCUT2D eigenvalue weighted by molar-refractivity contribution is 8.18. The third-order valence-electron chi connectivity index (χ3n) is 3.85. The fraction of sp³-hybridized carbons (Fsp3) is 0.158. The summed E-state index contributed by atoms with van der Waals surface area (Å²) in [6, 6.07) is 7.98. The maximum absolute atomic E-state index is 12.7. The Morgan fingerprint density at radius 2 is 1.86 bits per heavy atom. The normalized spacial score (nSPS) is 15.6. The zero-order valence-electron chi connectivity index (χ0n) is 14.5. The topological polar surface area (TPSA) is 66.8 Å². The van der Waals surface area contributed by atoms with Crippen LogP contribution < -0.4 is 4.74 Å². The molecule has 1 aliphatic rings. The van der Waals surface area contributed by atoms with Gasteiger partial charge in [-0.2, -0.15) is 0 Å². The smallest absolute Gasteiger partial charge is 0.293 e. The summed E-state index contributed by atoms with van der Waals surface area (Å²) in [6.45, 7) is 2.20. The predicted octanol–water partition coefficient (Wildman–Crippen LogP) is 5.99. The molecular formula is C19H14Cl3NO4S. The highest BCUT2D eigenvalue weighted by Crippen LogP contribution is 2.38. The number of benzene rings is 2. The third kappa shape index (κ3) is 4.41. The number of imide groups is 1. The Morgan fingerprint density at radius 3 is 2.54 bits per heavy atom. The molecule has 2 aromatic carbocycles. The Balaban J connectivity index is 1.85. The van der Waals surface area contributed by atoms with Crippen molar-refractivity contribution in [2.24, 2.45) is 0 Å². The minimum absolute atomic E-state index is 0.0828. The lowest BCUT2D eigenvalue weighted by Gasteiger charge is -2.13. The van der Waals surface area contributed by atoms with E-state index in [0.717, 1.165) is 16.7 Å². The van der Waals surface area contributed by atoms with Gasteiger partial charge in [0, 0.05) is 0 Å². The number of hydrogen-bond donors (Lipinski definition) is 1. The van der Waals surface area contributed by atoms with Gasteiger partial charge in [-0.15, -0.1) is 0 Å². The summed E-state index contributed by atoms with van der Waals surface area (Å²) >= 11 is 18.7. The van der Waals surface area contributed by atoms with Crippen molar-refractivity contribution in [3.8, 4) is 11.5 Å². The molecule has 1 aliphatic heterocycles. The van der Waals surface area contributed by atoms with Crippen LogP contribution >= 0.6 is 46.6 Å². The number of amides is 2. The van der Waals surface area contributed by atoms with Gasteiger partial charge in [-0.25, -0.2) is 0 Å². The van der Waals surface area contributed by atoms with Crippen LogP contribution in [0.3, 0.4) is 0 Å². The largest absolute Gasteiger partial charge is 0.503 e. The van der Waals surface area contributed by atoms with Gasteiger partial charge in [0.25, 0.3) is 11.1 Å². The fourth-order valence-electron chi connectivity index (χ4n) is 2.55. The van der Waals surface area contributed by atoms with Crippen LogP contribution in [-0.2, 0) is 11.3 Å². The number of carbonyl (C=O) groups is 2. The number of phenolic OH excluding ortho intramolecular Hbond substituents is 1. The fourth-order valence-corrected chi connectivity index (χ4v) is 3.93. The summed E-state index contributed by atoms with van der Waals surface area (Å²) in [5.74, 6) is -0.395. The quantitative estimate of drug-likeness (QED) is 0.558. The van der Waals surface area contributed by atoms with Crippen LogP contribution in [0.25, 0.3) is 6.08 Å². The molecule has 0 aliphatic carbocycles. The number of thioether (sulfide) groups is 1. The molecule has 0 spiro atoms. The van der Waals surface area contributed by atoms with E-state index < -0.39 is 11.1 Å². The second kappa shape index (κ2) is 8.66. The number of hydrogen-bond acceptors (Lipinski definition) is 5. The zero-order chi connectivity index (χ0) is 20.4. The summed E-state index contributed by atoms with van der Waals surface area (Å²) in [6.07, 6.45) is 1.54. The molecule has 9 heteroatoms. The van der Waals surface area contributed by atoms with E-state index in [9.17, 15) is 14.7 Å². The van der Waals surface area contributed by atoms with Gasteiger partial charge in [-0.05, 0) is 60.2 Å². The molecule has 2 aromatic rings. The Hall–Kier alpha value is -1.86. The minimum atomic E-state index is -0.428. The van der Waals surface area contributed by atoms with E-state index in [4.69, 9.17) is 39.5 Å². The van der Waals surface area contributed by atoms with E-state index >= 15 is 0 Å². The van der Waals surface area contributed by atoms with Gasteiger partial charge in [0.15, 0.2) is 11.5 Å². The molecule has 0 atom stereocenters. The summed E-state index contributed by atoms with van der Waals surface area (Å²) in [5, 5.41) is 10.4. The van der Waals surface area contributed by atoms with Crippen molar-refractivity contribution in [2.75, 3.05) is 6.61 Å². The van der Waals surface area contributed by atoms with Gasteiger partial charge in [0.1, 0.15) is 0 Å². The first-order valence-corrected chi connectivity index (χ1v) is 10.1. The van der Waals surface area contributed by atoms with E-state index in [1.165, 1.54) is 12.1 Å². The molecular weight excluding hydrogens is 445 g/mol. The number of carbonyl (C=O) groups excluding carboxylic acids is 2. The first-order chi connectivity index (χ1) is 13.3. The molecule has 5 nitrogen and oxygen atoms in total. The highest BCUT2D eigenvalue weighted by atomic mass is 35.5. The second-order valence-corrected chi connectivity index (χ2v) is 8.01. The first kappa shape index (κ1) is 20.9. The minimum Gasteiger partial charge on any atom is -0.503 e. The molecule has 146 valence electrons. The van der Waals surface area contributed by atoms with Crippen LogP contribution in [0.1, 0.15) is 18.1 Å². The molecule has 0 bridgehead atoms. The van der Waals surface area contributed by atoms with Crippen molar-refractivity contribution in [2.45, 2.75) is 13.5 Å². The van der Waals surface area contributed by atoms with Crippen LogP contribution in [0.4, 0.5) is 4.79 Å². The van der Waals surface area contributed by atoms with Crippen LogP contribution in [0.15, 0.2) is 35.2 Å². The lowest BCUT2D eigenvalue weighted by molar-refractivity contribution is -0.123. The highest BCUT2D eigenvalue weighted by Gasteiger charge is 2.35. The van der Waals surface area contributed by atoms with Gasteiger partial charge >= 0.3 is 0 Å². The first-order valence-electron chi connectivity index (χ1n) is 8.14. The standard InChI is InChI=1S/C19H14Cl3NO4S/c1-2-27-15-7-11(6-14(22)17(15)24)8-16-18(25)23(19(26)28-16)9-10-3-4-12(20)13(21)5-10/h3-8,24H,2,9H2,1H3/b16-8-. The average Bonchev–Trinajstić information content (AvgIpc) is 2.90. The number of nitrogens with zero attached hydrogens (tertiary/aromatic N) is 1. The third-order valence-corrected chi connectivity index (χ3v) is 5.78. The van der Waals surface area contributed by atoms with Crippen LogP contribution in [0, 0.1) is 0 Å². The van der Waals surface area contributed by atoms with Gasteiger partial charge in [-0.3, -0.25) is 14.5 Å². The molecule has 2 amide bonds. The summed E-state index contributed by atoms with van der Waals surface area (Å²) < 4.78 is 5.34. The van der Waals surface area contributed by atoms with Crippen molar-refractivity contribution >= 4 is 63.8 Å². The number of halogens is 3. The van der Waals surface area contributed by atoms with Crippen molar-refractivity contribution in [1.29, 1.82) is 0 Å². The van der Waals surface area contributed by atoms with Gasteiger partial charge in [0.05, 0.1) is 33.1 Å². The molecule has 1 N–H and O–H groups in total. The molecule has 0 radical (unpaired) electrons. The summed E-state index contributed by atoms with van der Waals surface area (Å²) in [5.41, 5.74) is 1.22. The van der Waals surface area contributed by atoms with Gasteiger partial charge in [-0.1, -0.05) is 40.9 Å². The maximum atomic E-state index is 12.7. The zero-order valence-corrected chi connectivity index (χ0v) is 17.6. The molecule has 1 saturated heterocycles. The molecule has 28 heavy (non-hydrogen) atoms. The average molecular weight is 459 g/mol. The van der Waals surface area contributed by atoms with Gasteiger partial charge < -0.3 is 9.84 Å². The Kier molecular flexibility index (Phi) is 6.45. The SMILES string of the molecule is CCOc1cc(/C=C2\SC(=O)N(Cc3ccc(Cl)c(Cl)c3)C2=O)cc(Cl)c1O. The van der Waals surface area contributed by atoms with Crippen LogP contribution in [-0.4, -0.2) is 27.8 Å². The molecule has 0 saturated carbocycles. The van der Waals surface area contributed by atoms with Crippen LogP contribution in [0.5, 0.6) is 11.5 Å². The predicted molar refractivity (Wildman–Crippen MR) is 112 cm³/mol. The Labute approximate surface area is 180 Å². The van der Waals surface area contributed by atoms with E-state index in [1.807, 2.05) is 0 Å². The number of ether oxygens (including phenoxy) is 1. The summed E-state index contributed by atoms with van der Waals surface area (Å²) in [4.78, 5) is 26.4. The number of aromatic hydroxyl groups is 1. The lowest BCUT2D eigenvalue weighted by atomic mass is 10.1. The number of phenols is 1. The van der Waals surface area contributed by atoms with Crippen molar-refractivity contribution in [3.05, 3.63) is 61.4 Å². The molecule has 0 unspecified atom stereocenters. The van der Waals surface area contributed by atoms with Crippen molar-refractivity contribution in [1.82, 2.24) is 4.90 Å². The second-order valence-electron chi connectivity index (χ2n) is 5.80. The molecule has 1 heterocycles. The van der Waals surface area contributed by atoms with Crippen molar-refractivity contribution < 1.29 is 19.4 Å². The molecule has 3 rings (SSSR count). The monoisotopic (exact) mass is 457 g/mol. The summed E-state index contributed by atoms with van der Waals surface area (Å²) in [7, 11) is 0. The van der Waals surface area contributed by atoms with Crippen LogP contribution in [0.2, 0.25) is 15.1 Å². The van der Waals surface area contributed by atoms with Gasteiger partial charge in [0.2, 0.25) is 0 Å². The molecule has 1 fully saturated rings. The van der Waals surface area contributed by atoms with E-state index in [-0.39, 0.29) is 28.0 Å². The number of rotatable bonds is 5. The van der Waals surface area contributed by atoms with E-state index in [1.54, 1.807) is 31.2 Å². The molecule has 0 aromatic heterocycles. The Bertz CT molecular complexity index is 993. The van der Waals surface area contributed by atoms with E-state index in [2.05, 4.69) is 0 Å². The Morgan fingerprint density at radius 1 is 1.11 bits per heavy atom. The lowest BCUT2D eigenvalue weighted by Crippen LogP contribution is -2.27. The van der Waals surface area contributed by atoms with E-state index in [0.29, 0.717) is 27.8 Å².